The first-order valence-electron chi connectivity index (χ1n) is 4.18. The van der Waals surface area contributed by atoms with Gasteiger partial charge >= 0.3 is 6.18 Å². The van der Waals surface area contributed by atoms with Gasteiger partial charge in [0.05, 0.1) is 34.3 Å². The molecule has 0 fully saturated rings. The van der Waals surface area contributed by atoms with Gasteiger partial charge in [-0.2, -0.15) is 18.4 Å². The molecule has 0 saturated carbocycles. The fourth-order valence-electron chi connectivity index (χ4n) is 1.28. The maximum absolute atomic E-state index is 12.6. The van der Waals surface area contributed by atoms with Crippen LogP contribution in [0.3, 0.4) is 0 Å². The van der Waals surface area contributed by atoms with Gasteiger partial charge in [0.2, 0.25) is 0 Å². The molecule has 1 aromatic rings. The van der Waals surface area contributed by atoms with Gasteiger partial charge in [0.15, 0.2) is 0 Å². The Kier molecular flexibility index (Phi) is 3.88. The van der Waals surface area contributed by atoms with Crippen molar-refractivity contribution in [3.8, 4) is 6.07 Å². The molecule has 0 aliphatic heterocycles. The largest absolute Gasteiger partial charge is 0.418 e. The second-order valence-corrected chi connectivity index (χ2v) is 3.38. The quantitative estimate of drug-likeness (QED) is 0.767. The van der Waals surface area contributed by atoms with Crippen molar-refractivity contribution in [2.45, 2.75) is 19.0 Å². The van der Waals surface area contributed by atoms with E-state index in [1.165, 1.54) is 6.07 Å². The summed E-state index contributed by atoms with van der Waals surface area (Å²) in [4.78, 5) is 3.27. The lowest BCUT2D eigenvalue weighted by molar-refractivity contribution is -0.140. The second kappa shape index (κ2) is 4.84. The van der Waals surface area contributed by atoms with Crippen molar-refractivity contribution in [2.24, 2.45) is 0 Å². The Morgan fingerprint density at radius 3 is 2.41 bits per heavy atom. The first-order valence-corrected chi connectivity index (χ1v) is 4.56. The minimum atomic E-state index is -5.03. The molecule has 1 rings (SSSR count). The molecular formula is C9H4ClF5N2. The summed E-state index contributed by atoms with van der Waals surface area (Å²) in [5.74, 6) is 0. The monoisotopic (exact) mass is 270 g/mol. The Hall–Kier alpha value is -1.42. The molecule has 17 heavy (non-hydrogen) atoms. The first-order chi connectivity index (χ1) is 7.79. The van der Waals surface area contributed by atoms with Gasteiger partial charge in [0.1, 0.15) is 0 Å². The molecule has 0 atom stereocenters. The molecular weight excluding hydrogens is 267 g/mol. The third-order valence-corrected chi connectivity index (χ3v) is 2.20. The lowest BCUT2D eigenvalue weighted by atomic mass is 10.0. The number of halogens is 6. The van der Waals surface area contributed by atoms with Crippen LogP contribution in [0.2, 0.25) is 5.02 Å². The summed E-state index contributed by atoms with van der Waals surface area (Å²) in [6, 6.07) is 1.43. The van der Waals surface area contributed by atoms with Crippen molar-refractivity contribution in [3.05, 3.63) is 28.0 Å². The molecule has 0 N–H and O–H groups in total. The molecule has 1 aromatic heterocycles. The van der Waals surface area contributed by atoms with Gasteiger partial charge in [-0.3, -0.25) is 4.98 Å². The van der Waals surface area contributed by atoms with Crippen molar-refractivity contribution in [3.63, 3.8) is 0 Å². The van der Waals surface area contributed by atoms with E-state index < -0.39 is 40.9 Å². The Labute approximate surface area is 97.6 Å². The Morgan fingerprint density at radius 1 is 1.41 bits per heavy atom. The van der Waals surface area contributed by atoms with E-state index in [1.54, 1.807) is 0 Å². The summed E-state index contributed by atoms with van der Waals surface area (Å²) < 4.78 is 63.0. The van der Waals surface area contributed by atoms with Crippen LogP contribution in [0.5, 0.6) is 0 Å². The van der Waals surface area contributed by atoms with Gasteiger partial charge in [-0.1, -0.05) is 11.6 Å². The smallest absolute Gasteiger partial charge is 0.258 e. The number of nitriles is 1. The molecule has 8 heteroatoms. The summed E-state index contributed by atoms with van der Waals surface area (Å²) in [7, 11) is 0. The van der Waals surface area contributed by atoms with E-state index in [9.17, 15) is 22.0 Å². The molecule has 0 bridgehead atoms. The summed E-state index contributed by atoms with van der Waals surface area (Å²) in [5, 5.41) is 7.56. The van der Waals surface area contributed by atoms with Crippen LogP contribution < -0.4 is 0 Å². The lowest BCUT2D eigenvalue weighted by Gasteiger charge is -2.16. The third-order valence-electron chi connectivity index (χ3n) is 1.90. The van der Waals surface area contributed by atoms with Gasteiger partial charge < -0.3 is 0 Å². The number of alkyl halides is 5. The van der Waals surface area contributed by atoms with Crippen LogP contribution in [0.1, 0.15) is 23.2 Å². The van der Waals surface area contributed by atoms with E-state index in [0.717, 1.165) is 0 Å². The summed E-state index contributed by atoms with van der Waals surface area (Å²) in [6.07, 6.45) is -8.45. The molecule has 0 amide bonds. The van der Waals surface area contributed by atoms with E-state index in [2.05, 4.69) is 4.98 Å². The molecule has 0 spiro atoms. The molecule has 0 aromatic carbocycles. The van der Waals surface area contributed by atoms with E-state index in [4.69, 9.17) is 16.9 Å². The molecule has 0 radical (unpaired) electrons. The van der Waals surface area contributed by atoms with Crippen molar-refractivity contribution in [1.29, 1.82) is 5.26 Å². The van der Waals surface area contributed by atoms with Crippen molar-refractivity contribution in [2.75, 3.05) is 0 Å². The zero-order valence-electron chi connectivity index (χ0n) is 8.02. The first kappa shape index (κ1) is 13.6. The van der Waals surface area contributed by atoms with Crippen molar-refractivity contribution in [1.82, 2.24) is 4.98 Å². The number of nitrogens with zero attached hydrogens (tertiary/aromatic N) is 2. The van der Waals surface area contributed by atoms with Gasteiger partial charge in [-0.25, -0.2) is 8.78 Å². The topological polar surface area (TPSA) is 36.7 Å². The van der Waals surface area contributed by atoms with Crippen LogP contribution in [0.25, 0.3) is 0 Å². The molecule has 0 aliphatic carbocycles. The second-order valence-electron chi connectivity index (χ2n) is 2.97. The van der Waals surface area contributed by atoms with Crippen molar-refractivity contribution < 1.29 is 22.0 Å². The van der Waals surface area contributed by atoms with E-state index in [1.807, 2.05) is 0 Å². The van der Waals surface area contributed by atoms with Crippen molar-refractivity contribution >= 4 is 11.6 Å². The molecule has 92 valence electrons. The van der Waals surface area contributed by atoms with E-state index >= 15 is 0 Å². The van der Waals surface area contributed by atoms with Gasteiger partial charge in [-0.05, 0) is 0 Å². The molecule has 2 nitrogen and oxygen atoms in total. The Balaban J connectivity index is 3.57. The zero-order chi connectivity index (χ0) is 13.2. The highest BCUT2D eigenvalue weighted by molar-refractivity contribution is 6.31. The highest BCUT2D eigenvalue weighted by atomic mass is 35.5. The molecule has 0 saturated heterocycles. The minimum absolute atomic E-state index is 0.685. The Bertz CT molecular complexity index is 464. The van der Waals surface area contributed by atoms with Gasteiger partial charge in [-0.15, -0.1) is 0 Å². The van der Waals surface area contributed by atoms with Crippen LogP contribution >= 0.6 is 11.6 Å². The van der Waals surface area contributed by atoms with Crippen LogP contribution in [-0.4, -0.2) is 4.98 Å². The normalized spacial score (nSPS) is 11.6. The average Bonchev–Trinajstić information content (AvgIpc) is 2.18. The average molecular weight is 271 g/mol. The molecule has 1 heterocycles. The minimum Gasteiger partial charge on any atom is -0.258 e. The highest BCUT2D eigenvalue weighted by Crippen LogP contribution is 2.41. The fourth-order valence-corrected chi connectivity index (χ4v) is 1.51. The van der Waals surface area contributed by atoms with Crippen LogP contribution in [0.15, 0.2) is 6.20 Å². The molecule has 0 unspecified atom stereocenters. The predicted molar refractivity (Wildman–Crippen MR) is 48.5 cm³/mol. The van der Waals surface area contributed by atoms with Crippen LogP contribution in [0.4, 0.5) is 22.0 Å². The number of aromatic nitrogens is 1. The SMILES string of the molecule is N#CCc1ncc(Cl)c(C(F)F)c1C(F)(F)F. The van der Waals surface area contributed by atoms with Gasteiger partial charge in [0, 0.05) is 6.20 Å². The summed E-state index contributed by atoms with van der Waals surface area (Å²) in [5.41, 5.74) is -3.71. The Morgan fingerprint density at radius 2 is 2.00 bits per heavy atom. The van der Waals surface area contributed by atoms with Crippen LogP contribution in [-0.2, 0) is 12.6 Å². The van der Waals surface area contributed by atoms with Gasteiger partial charge in [0.25, 0.3) is 6.43 Å². The molecule has 0 aliphatic rings. The fraction of sp³-hybridized carbons (Fsp3) is 0.333. The number of hydrogen-bond acceptors (Lipinski definition) is 2. The number of hydrogen-bond donors (Lipinski definition) is 0. The summed E-state index contributed by atoms with van der Waals surface area (Å²) >= 11 is 5.28. The lowest BCUT2D eigenvalue weighted by Crippen LogP contribution is -2.15. The van der Waals surface area contributed by atoms with E-state index in [0.29, 0.717) is 6.20 Å². The standard InChI is InChI=1S/C9H4ClF5N2/c10-4-3-17-5(1-2-16)7(9(13,14)15)6(4)8(11)12/h3,8H,1H2. The maximum atomic E-state index is 12.6. The van der Waals surface area contributed by atoms with E-state index in [-0.39, 0.29) is 0 Å². The maximum Gasteiger partial charge on any atom is 0.418 e. The number of pyridine rings is 1. The van der Waals surface area contributed by atoms with Crippen LogP contribution in [0, 0.1) is 11.3 Å². The predicted octanol–water partition coefficient (Wildman–Crippen LogP) is 3.76. The number of rotatable bonds is 2. The zero-order valence-corrected chi connectivity index (χ0v) is 8.78. The summed E-state index contributed by atoms with van der Waals surface area (Å²) in [6.45, 7) is 0. The third kappa shape index (κ3) is 2.82. The highest BCUT2D eigenvalue weighted by Gasteiger charge is 2.40.